The summed E-state index contributed by atoms with van der Waals surface area (Å²) in [5.41, 5.74) is 0. The maximum absolute atomic E-state index is 11.6. The van der Waals surface area contributed by atoms with Crippen LogP contribution in [-0.2, 0) is 11.2 Å². The summed E-state index contributed by atoms with van der Waals surface area (Å²) < 4.78 is 0. The number of carbonyl (C=O) groups excluding carboxylic acids is 1. The first-order valence-corrected chi connectivity index (χ1v) is 7.16. The summed E-state index contributed by atoms with van der Waals surface area (Å²) in [5.74, 6) is 0.781. The van der Waals surface area contributed by atoms with E-state index in [0.29, 0.717) is 12.3 Å². The monoisotopic (exact) mass is 253 g/mol. The maximum atomic E-state index is 11.6. The Morgan fingerprint density at radius 1 is 1.35 bits per heavy atom. The topological polar surface area (TPSA) is 46.1 Å². The van der Waals surface area contributed by atoms with Gasteiger partial charge in [-0.15, -0.1) is 21.5 Å². The van der Waals surface area contributed by atoms with E-state index in [1.807, 2.05) is 11.8 Å². The van der Waals surface area contributed by atoms with Crippen LogP contribution in [0.25, 0.3) is 0 Å². The lowest BCUT2D eigenvalue weighted by Gasteiger charge is -2.30. The first-order valence-electron chi connectivity index (χ1n) is 6.34. The van der Waals surface area contributed by atoms with Crippen LogP contribution in [0.3, 0.4) is 0 Å². The largest absolute Gasteiger partial charge is 0.343 e. The van der Waals surface area contributed by atoms with E-state index in [1.165, 1.54) is 0 Å². The fourth-order valence-corrected chi connectivity index (χ4v) is 3.13. The number of nitrogens with zero attached hydrogens (tertiary/aromatic N) is 3. The molecule has 5 heteroatoms. The Labute approximate surface area is 106 Å². The zero-order valence-corrected chi connectivity index (χ0v) is 11.3. The molecule has 4 nitrogen and oxygen atoms in total. The molecule has 0 spiro atoms. The molecule has 0 unspecified atom stereocenters. The van der Waals surface area contributed by atoms with Crippen molar-refractivity contribution in [2.45, 2.75) is 45.4 Å². The predicted octanol–water partition coefficient (Wildman–Crippen LogP) is 2.22. The SMILES string of the molecule is CCC(=O)N1CCC(c2nnc(CC)s2)CC1. The van der Waals surface area contributed by atoms with Gasteiger partial charge < -0.3 is 4.90 Å². The Bertz CT molecular complexity index is 383. The Kier molecular flexibility index (Phi) is 4.10. The van der Waals surface area contributed by atoms with Crippen molar-refractivity contribution in [3.8, 4) is 0 Å². The van der Waals surface area contributed by atoms with E-state index in [-0.39, 0.29) is 5.91 Å². The molecule has 1 aromatic rings. The Morgan fingerprint density at radius 2 is 2.06 bits per heavy atom. The van der Waals surface area contributed by atoms with E-state index >= 15 is 0 Å². The Hall–Kier alpha value is -0.970. The lowest BCUT2D eigenvalue weighted by atomic mass is 9.97. The Morgan fingerprint density at radius 3 is 2.59 bits per heavy atom. The van der Waals surface area contributed by atoms with Crippen molar-refractivity contribution in [2.24, 2.45) is 0 Å². The van der Waals surface area contributed by atoms with Crippen LogP contribution in [-0.4, -0.2) is 34.1 Å². The van der Waals surface area contributed by atoms with Gasteiger partial charge in [-0.1, -0.05) is 13.8 Å². The number of piperidine rings is 1. The van der Waals surface area contributed by atoms with E-state index < -0.39 is 0 Å². The van der Waals surface area contributed by atoms with Crippen molar-refractivity contribution < 1.29 is 4.79 Å². The molecule has 0 saturated carbocycles. The highest BCUT2D eigenvalue weighted by Gasteiger charge is 2.25. The second-order valence-electron chi connectivity index (χ2n) is 4.40. The molecule has 1 aromatic heterocycles. The van der Waals surface area contributed by atoms with Crippen molar-refractivity contribution in [2.75, 3.05) is 13.1 Å². The van der Waals surface area contributed by atoms with Gasteiger partial charge in [-0.2, -0.15) is 0 Å². The quantitative estimate of drug-likeness (QED) is 0.829. The van der Waals surface area contributed by atoms with E-state index in [1.54, 1.807) is 11.3 Å². The second-order valence-corrected chi connectivity index (χ2v) is 5.49. The number of rotatable bonds is 3. The summed E-state index contributed by atoms with van der Waals surface area (Å²) >= 11 is 1.73. The van der Waals surface area contributed by atoms with Crippen LogP contribution in [0, 0.1) is 0 Å². The molecule has 1 aliphatic heterocycles. The van der Waals surface area contributed by atoms with Gasteiger partial charge in [0.2, 0.25) is 5.91 Å². The molecule has 0 N–H and O–H groups in total. The highest BCUT2D eigenvalue weighted by Crippen LogP contribution is 2.30. The van der Waals surface area contributed by atoms with E-state index in [0.717, 1.165) is 42.4 Å². The highest BCUT2D eigenvalue weighted by molar-refractivity contribution is 7.11. The molecule has 0 aliphatic carbocycles. The molecule has 0 radical (unpaired) electrons. The van der Waals surface area contributed by atoms with Gasteiger partial charge >= 0.3 is 0 Å². The minimum absolute atomic E-state index is 0.273. The third kappa shape index (κ3) is 2.83. The molecule has 0 aromatic carbocycles. The van der Waals surface area contributed by atoms with Crippen molar-refractivity contribution in [1.29, 1.82) is 0 Å². The van der Waals surface area contributed by atoms with Gasteiger partial charge in [0.1, 0.15) is 10.0 Å². The summed E-state index contributed by atoms with van der Waals surface area (Å²) in [6, 6.07) is 0. The van der Waals surface area contributed by atoms with Crippen molar-refractivity contribution in [1.82, 2.24) is 15.1 Å². The number of hydrogen-bond donors (Lipinski definition) is 0. The molecular formula is C12H19N3OS. The van der Waals surface area contributed by atoms with Gasteiger partial charge in [0.25, 0.3) is 0 Å². The first-order chi connectivity index (χ1) is 8.24. The minimum atomic E-state index is 0.273. The van der Waals surface area contributed by atoms with Gasteiger partial charge in [0.05, 0.1) is 0 Å². The number of aromatic nitrogens is 2. The van der Waals surface area contributed by atoms with Crippen LogP contribution in [0.5, 0.6) is 0 Å². The summed E-state index contributed by atoms with van der Waals surface area (Å²) in [6.45, 7) is 5.77. The van der Waals surface area contributed by atoms with Gasteiger partial charge in [0.15, 0.2) is 0 Å². The molecule has 1 aliphatic rings. The third-order valence-electron chi connectivity index (χ3n) is 3.28. The molecule has 1 fully saturated rings. The molecule has 17 heavy (non-hydrogen) atoms. The summed E-state index contributed by atoms with van der Waals surface area (Å²) in [5, 5.41) is 10.7. The summed E-state index contributed by atoms with van der Waals surface area (Å²) in [6.07, 6.45) is 3.64. The van der Waals surface area contributed by atoms with Crippen molar-refractivity contribution >= 4 is 17.2 Å². The van der Waals surface area contributed by atoms with Crippen LogP contribution < -0.4 is 0 Å². The lowest BCUT2D eigenvalue weighted by Crippen LogP contribution is -2.37. The normalized spacial score (nSPS) is 17.4. The zero-order chi connectivity index (χ0) is 12.3. The average Bonchev–Trinajstić information content (AvgIpc) is 2.87. The van der Waals surface area contributed by atoms with E-state index in [2.05, 4.69) is 17.1 Å². The minimum Gasteiger partial charge on any atom is -0.343 e. The number of hydrogen-bond acceptors (Lipinski definition) is 4. The molecule has 1 saturated heterocycles. The zero-order valence-electron chi connectivity index (χ0n) is 10.5. The van der Waals surface area contributed by atoms with Crippen molar-refractivity contribution in [3.63, 3.8) is 0 Å². The van der Waals surface area contributed by atoms with E-state index in [9.17, 15) is 4.79 Å². The molecule has 0 atom stereocenters. The summed E-state index contributed by atoms with van der Waals surface area (Å²) in [7, 11) is 0. The third-order valence-corrected chi connectivity index (χ3v) is 4.51. The number of carbonyl (C=O) groups is 1. The fraction of sp³-hybridized carbons (Fsp3) is 0.750. The summed E-state index contributed by atoms with van der Waals surface area (Å²) in [4.78, 5) is 13.5. The molecular weight excluding hydrogens is 234 g/mol. The highest BCUT2D eigenvalue weighted by atomic mass is 32.1. The van der Waals surface area contributed by atoms with Crippen LogP contribution in [0.1, 0.15) is 49.0 Å². The molecule has 2 heterocycles. The average molecular weight is 253 g/mol. The Balaban J connectivity index is 1.92. The van der Waals surface area contributed by atoms with Crippen LogP contribution >= 0.6 is 11.3 Å². The smallest absolute Gasteiger partial charge is 0.222 e. The first kappa shape index (κ1) is 12.5. The maximum Gasteiger partial charge on any atom is 0.222 e. The lowest BCUT2D eigenvalue weighted by molar-refractivity contribution is -0.131. The molecule has 2 rings (SSSR count). The molecule has 1 amide bonds. The number of aryl methyl sites for hydroxylation is 1. The number of amides is 1. The second kappa shape index (κ2) is 5.58. The van der Waals surface area contributed by atoms with Crippen molar-refractivity contribution in [3.05, 3.63) is 10.0 Å². The predicted molar refractivity (Wildman–Crippen MR) is 68.1 cm³/mol. The van der Waals surface area contributed by atoms with Gasteiger partial charge in [-0.05, 0) is 19.3 Å². The molecule has 94 valence electrons. The molecule has 0 bridgehead atoms. The van der Waals surface area contributed by atoms with Gasteiger partial charge in [-0.25, -0.2) is 0 Å². The van der Waals surface area contributed by atoms with Crippen LogP contribution in [0.4, 0.5) is 0 Å². The van der Waals surface area contributed by atoms with E-state index in [4.69, 9.17) is 0 Å². The fourth-order valence-electron chi connectivity index (χ4n) is 2.17. The number of likely N-dealkylation sites (tertiary alicyclic amines) is 1. The van der Waals surface area contributed by atoms with Gasteiger partial charge in [0, 0.05) is 25.4 Å². The van der Waals surface area contributed by atoms with Gasteiger partial charge in [-0.3, -0.25) is 4.79 Å². The van der Waals surface area contributed by atoms with Crippen LogP contribution in [0.2, 0.25) is 0 Å². The standard InChI is InChI=1S/C12H19N3OS/c1-3-10-13-14-12(17-10)9-5-7-15(8-6-9)11(16)4-2/h9H,3-8H2,1-2H3. The van der Waals surface area contributed by atoms with Crippen LogP contribution in [0.15, 0.2) is 0 Å².